The van der Waals surface area contributed by atoms with E-state index >= 15 is 0 Å². The standard InChI is InChI=1S/C9H16OS/c1-7-5-11-6-9(7,10)4-8-2-3-8/h7-8,10H,2-6H2,1H3. The van der Waals surface area contributed by atoms with Crippen LogP contribution in [-0.2, 0) is 0 Å². The van der Waals surface area contributed by atoms with Crippen molar-refractivity contribution < 1.29 is 5.11 Å². The van der Waals surface area contributed by atoms with E-state index in [0.717, 1.165) is 23.8 Å². The third-order valence-electron chi connectivity index (χ3n) is 2.98. The van der Waals surface area contributed by atoms with Crippen molar-refractivity contribution >= 4 is 11.8 Å². The van der Waals surface area contributed by atoms with Gasteiger partial charge in [-0.3, -0.25) is 0 Å². The third-order valence-corrected chi connectivity index (χ3v) is 4.42. The van der Waals surface area contributed by atoms with Gasteiger partial charge in [-0.05, 0) is 24.0 Å². The molecule has 2 aliphatic rings. The SMILES string of the molecule is CC1CSCC1(O)CC1CC1. The maximum absolute atomic E-state index is 10.1. The summed E-state index contributed by atoms with van der Waals surface area (Å²) in [4.78, 5) is 0. The highest BCUT2D eigenvalue weighted by Crippen LogP contribution is 2.44. The molecule has 0 radical (unpaired) electrons. The van der Waals surface area contributed by atoms with Gasteiger partial charge >= 0.3 is 0 Å². The van der Waals surface area contributed by atoms with E-state index < -0.39 is 0 Å². The molecule has 1 saturated carbocycles. The predicted molar refractivity (Wildman–Crippen MR) is 48.8 cm³/mol. The fourth-order valence-electron chi connectivity index (χ4n) is 1.79. The Morgan fingerprint density at radius 3 is 2.73 bits per heavy atom. The summed E-state index contributed by atoms with van der Waals surface area (Å²) in [5, 5.41) is 10.1. The summed E-state index contributed by atoms with van der Waals surface area (Å²) in [6.07, 6.45) is 3.79. The Morgan fingerprint density at radius 2 is 2.27 bits per heavy atom. The van der Waals surface area contributed by atoms with Crippen LogP contribution >= 0.6 is 11.8 Å². The molecule has 1 heterocycles. The van der Waals surface area contributed by atoms with Gasteiger partial charge in [-0.2, -0.15) is 11.8 Å². The van der Waals surface area contributed by atoms with Gasteiger partial charge < -0.3 is 5.11 Å². The van der Waals surface area contributed by atoms with E-state index in [1.54, 1.807) is 0 Å². The van der Waals surface area contributed by atoms with Crippen LogP contribution in [0.4, 0.5) is 0 Å². The van der Waals surface area contributed by atoms with Crippen LogP contribution in [0.3, 0.4) is 0 Å². The van der Waals surface area contributed by atoms with Gasteiger partial charge in [0, 0.05) is 5.75 Å². The second-order valence-electron chi connectivity index (χ2n) is 4.17. The summed E-state index contributed by atoms with van der Waals surface area (Å²) in [7, 11) is 0. The number of hydrogen-bond donors (Lipinski definition) is 1. The van der Waals surface area contributed by atoms with Gasteiger partial charge in [-0.15, -0.1) is 0 Å². The summed E-state index contributed by atoms with van der Waals surface area (Å²) in [5.74, 6) is 3.52. The average Bonchev–Trinajstić information content (AvgIpc) is 2.66. The van der Waals surface area contributed by atoms with Crippen LogP contribution in [0, 0.1) is 11.8 Å². The number of rotatable bonds is 2. The molecule has 0 spiro atoms. The van der Waals surface area contributed by atoms with Gasteiger partial charge in [0.15, 0.2) is 0 Å². The van der Waals surface area contributed by atoms with Gasteiger partial charge in [0.05, 0.1) is 5.60 Å². The van der Waals surface area contributed by atoms with Crippen molar-refractivity contribution in [1.29, 1.82) is 0 Å². The molecule has 0 amide bonds. The maximum atomic E-state index is 10.1. The van der Waals surface area contributed by atoms with E-state index in [-0.39, 0.29) is 5.60 Å². The zero-order valence-electron chi connectivity index (χ0n) is 7.05. The van der Waals surface area contributed by atoms with Crippen molar-refractivity contribution in [3.63, 3.8) is 0 Å². The van der Waals surface area contributed by atoms with Crippen LogP contribution in [-0.4, -0.2) is 22.2 Å². The predicted octanol–water partition coefficient (Wildman–Crippen LogP) is 1.90. The number of thioether (sulfide) groups is 1. The topological polar surface area (TPSA) is 20.2 Å². The smallest absolute Gasteiger partial charge is 0.0773 e. The van der Waals surface area contributed by atoms with Crippen LogP contribution in [0.25, 0.3) is 0 Å². The quantitative estimate of drug-likeness (QED) is 0.686. The van der Waals surface area contributed by atoms with Gasteiger partial charge in [0.1, 0.15) is 0 Å². The minimum atomic E-state index is -0.300. The van der Waals surface area contributed by atoms with Gasteiger partial charge in [0.2, 0.25) is 0 Å². The second kappa shape index (κ2) is 2.67. The molecule has 0 bridgehead atoms. The molecule has 2 unspecified atom stereocenters. The molecule has 0 aromatic heterocycles. The highest BCUT2D eigenvalue weighted by molar-refractivity contribution is 7.99. The monoisotopic (exact) mass is 172 g/mol. The van der Waals surface area contributed by atoms with Crippen molar-refractivity contribution in [2.24, 2.45) is 11.8 Å². The van der Waals surface area contributed by atoms with Crippen LogP contribution in [0.1, 0.15) is 26.2 Å². The lowest BCUT2D eigenvalue weighted by molar-refractivity contribution is 0.0138. The molecule has 1 saturated heterocycles. The van der Waals surface area contributed by atoms with Crippen molar-refractivity contribution in [2.75, 3.05) is 11.5 Å². The normalized spacial score (nSPS) is 44.7. The number of aliphatic hydroxyl groups is 1. The summed E-state index contributed by atoms with van der Waals surface area (Å²) >= 11 is 1.91. The molecular weight excluding hydrogens is 156 g/mol. The molecule has 0 aromatic carbocycles. The lowest BCUT2D eigenvalue weighted by Crippen LogP contribution is -2.35. The Morgan fingerprint density at radius 1 is 1.55 bits per heavy atom. The van der Waals surface area contributed by atoms with Gasteiger partial charge in [-0.25, -0.2) is 0 Å². The lowest BCUT2D eigenvalue weighted by Gasteiger charge is -2.26. The molecule has 1 N–H and O–H groups in total. The van der Waals surface area contributed by atoms with E-state index in [2.05, 4.69) is 6.92 Å². The summed E-state index contributed by atoms with van der Waals surface area (Å²) in [6.45, 7) is 2.18. The van der Waals surface area contributed by atoms with Crippen molar-refractivity contribution in [3.05, 3.63) is 0 Å². The number of hydrogen-bond acceptors (Lipinski definition) is 2. The zero-order valence-corrected chi connectivity index (χ0v) is 7.86. The first kappa shape index (κ1) is 7.93. The first-order chi connectivity index (χ1) is 5.21. The fraction of sp³-hybridized carbons (Fsp3) is 1.00. The Bertz CT molecular complexity index is 156. The van der Waals surface area contributed by atoms with E-state index in [0.29, 0.717) is 5.92 Å². The third kappa shape index (κ3) is 1.57. The van der Waals surface area contributed by atoms with Crippen LogP contribution in [0.2, 0.25) is 0 Å². The van der Waals surface area contributed by atoms with E-state index in [1.165, 1.54) is 12.8 Å². The second-order valence-corrected chi connectivity index (χ2v) is 5.20. The highest BCUT2D eigenvalue weighted by atomic mass is 32.2. The summed E-state index contributed by atoms with van der Waals surface area (Å²) in [6, 6.07) is 0. The van der Waals surface area contributed by atoms with Crippen LogP contribution < -0.4 is 0 Å². The molecule has 1 aliphatic carbocycles. The fourth-order valence-corrected chi connectivity index (χ4v) is 3.33. The first-order valence-electron chi connectivity index (χ1n) is 4.51. The van der Waals surface area contributed by atoms with Gasteiger partial charge in [-0.1, -0.05) is 19.8 Å². The molecule has 11 heavy (non-hydrogen) atoms. The minimum Gasteiger partial charge on any atom is -0.389 e. The molecule has 0 aromatic rings. The molecule has 2 rings (SSSR count). The van der Waals surface area contributed by atoms with Crippen molar-refractivity contribution in [2.45, 2.75) is 31.8 Å². The Hall–Kier alpha value is 0.310. The molecule has 1 aliphatic heterocycles. The molecule has 2 atom stereocenters. The highest BCUT2D eigenvalue weighted by Gasteiger charge is 2.42. The average molecular weight is 172 g/mol. The van der Waals surface area contributed by atoms with Crippen LogP contribution in [0.15, 0.2) is 0 Å². The Kier molecular flexibility index (Phi) is 1.92. The van der Waals surface area contributed by atoms with E-state index in [1.807, 2.05) is 11.8 Å². The molecule has 2 fully saturated rings. The Balaban J connectivity index is 1.94. The van der Waals surface area contributed by atoms with Crippen molar-refractivity contribution in [3.8, 4) is 0 Å². The van der Waals surface area contributed by atoms with Crippen molar-refractivity contribution in [1.82, 2.24) is 0 Å². The summed E-state index contributed by atoms with van der Waals surface area (Å²) < 4.78 is 0. The van der Waals surface area contributed by atoms with Crippen LogP contribution in [0.5, 0.6) is 0 Å². The maximum Gasteiger partial charge on any atom is 0.0773 e. The lowest BCUT2D eigenvalue weighted by atomic mass is 9.87. The molecule has 1 nitrogen and oxygen atoms in total. The van der Waals surface area contributed by atoms with E-state index in [4.69, 9.17) is 0 Å². The molecule has 2 heteroatoms. The first-order valence-corrected chi connectivity index (χ1v) is 5.66. The largest absolute Gasteiger partial charge is 0.389 e. The summed E-state index contributed by atoms with van der Waals surface area (Å²) in [5.41, 5.74) is -0.300. The minimum absolute atomic E-state index is 0.300. The molecular formula is C9H16OS. The zero-order chi connectivity index (χ0) is 7.90. The van der Waals surface area contributed by atoms with Gasteiger partial charge in [0.25, 0.3) is 0 Å². The Labute approximate surface area is 72.6 Å². The molecule has 64 valence electrons. The van der Waals surface area contributed by atoms with E-state index in [9.17, 15) is 5.11 Å².